The Kier molecular flexibility index (Phi) is 3.86. The number of aliphatic hydroxyl groups is 1. The summed E-state index contributed by atoms with van der Waals surface area (Å²) in [6.07, 6.45) is -0.514. The van der Waals surface area contributed by atoms with E-state index in [0.29, 0.717) is 0 Å². The van der Waals surface area contributed by atoms with Crippen molar-refractivity contribution >= 4 is 5.91 Å². The molecule has 14 heavy (non-hydrogen) atoms. The number of amides is 1. The molecule has 1 amide bonds. The van der Waals surface area contributed by atoms with Crippen molar-refractivity contribution in [2.75, 3.05) is 26.2 Å². The Morgan fingerprint density at radius 3 is 2.79 bits per heavy atom. The summed E-state index contributed by atoms with van der Waals surface area (Å²) in [6, 6.07) is 0. The Balaban J connectivity index is 2.08. The minimum atomic E-state index is -0.514. The van der Waals surface area contributed by atoms with E-state index in [4.69, 9.17) is 9.84 Å². The Morgan fingerprint density at radius 2 is 2.36 bits per heavy atom. The van der Waals surface area contributed by atoms with Crippen LogP contribution in [0.5, 0.6) is 0 Å². The Bertz CT molecular complexity index is 202. The molecule has 1 rings (SSSR count). The van der Waals surface area contributed by atoms with Gasteiger partial charge in [0.05, 0.1) is 11.7 Å². The number of rotatable bonds is 5. The standard InChI is InChI=1S/C9H18N2O3/c1-7(12)3-11-8(13)4-14-9(2)5-10-6-9/h7,10,12H,3-6H2,1-2H3,(H,11,13). The molecule has 0 spiro atoms. The fraction of sp³-hybridized carbons (Fsp3) is 0.889. The summed E-state index contributed by atoms with van der Waals surface area (Å²) in [6.45, 7) is 5.50. The van der Waals surface area contributed by atoms with E-state index < -0.39 is 6.10 Å². The number of nitrogens with one attached hydrogen (secondary N) is 2. The maximum atomic E-state index is 11.2. The summed E-state index contributed by atoms with van der Waals surface area (Å²) in [5, 5.41) is 14.6. The van der Waals surface area contributed by atoms with Crippen LogP contribution >= 0.6 is 0 Å². The molecule has 82 valence electrons. The highest BCUT2D eigenvalue weighted by Gasteiger charge is 2.32. The Hall–Kier alpha value is -0.650. The highest BCUT2D eigenvalue weighted by Crippen LogP contribution is 2.14. The molecule has 0 aliphatic carbocycles. The molecule has 1 heterocycles. The molecule has 1 saturated heterocycles. The molecule has 0 bridgehead atoms. The van der Waals surface area contributed by atoms with Gasteiger partial charge in [-0.05, 0) is 13.8 Å². The SMILES string of the molecule is CC(O)CNC(=O)COC1(C)CNC1. The third-order valence-electron chi connectivity index (χ3n) is 2.14. The fourth-order valence-corrected chi connectivity index (χ4v) is 1.13. The molecule has 0 aromatic rings. The van der Waals surface area contributed by atoms with Crippen molar-refractivity contribution in [1.82, 2.24) is 10.6 Å². The van der Waals surface area contributed by atoms with Gasteiger partial charge in [-0.25, -0.2) is 0 Å². The lowest BCUT2D eigenvalue weighted by Crippen LogP contribution is -2.59. The molecule has 1 aliphatic rings. The first kappa shape index (κ1) is 11.4. The number of aliphatic hydroxyl groups excluding tert-OH is 1. The van der Waals surface area contributed by atoms with Gasteiger partial charge in [-0.15, -0.1) is 0 Å². The monoisotopic (exact) mass is 202 g/mol. The summed E-state index contributed by atoms with van der Waals surface area (Å²) in [5.74, 6) is -0.181. The average Bonchev–Trinajstić information content (AvgIpc) is 2.08. The van der Waals surface area contributed by atoms with Gasteiger partial charge in [0.25, 0.3) is 0 Å². The molecular formula is C9H18N2O3. The van der Waals surface area contributed by atoms with Crippen molar-refractivity contribution in [2.45, 2.75) is 25.6 Å². The van der Waals surface area contributed by atoms with Crippen LogP contribution in [0.3, 0.4) is 0 Å². The summed E-state index contributed by atoms with van der Waals surface area (Å²) >= 11 is 0. The molecule has 1 unspecified atom stereocenters. The zero-order chi connectivity index (χ0) is 10.6. The van der Waals surface area contributed by atoms with Gasteiger partial charge < -0.3 is 20.5 Å². The lowest BCUT2D eigenvalue weighted by molar-refractivity contribution is -0.136. The van der Waals surface area contributed by atoms with Crippen LogP contribution in [-0.4, -0.2) is 49.0 Å². The second-order valence-corrected chi connectivity index (χ2v) is 4.00. The maximum Gasteiger partial charge on any atom is 0.246 e. The van der Waals surface area contributed by atoms with Crippen LogP contribution in [0, 0.1) is 0 Å². The van der Waals surface area contributed by atoms with E-state index in [-0.39, 0.29) is 24.7 Å². The summed E-state index contributed by atoms with van der Waals surface area (Å²) in [7, 11) is 0. The maximum absolute atomic E-state index is 11.2. The number of carbonyl (C=O) groups excluding carboxylic acids is 1. The zero-order valence-electron chi connectivity index (χ0n) is 8.67. The molecule has 5 heteroatoms. The summed E-state index contributed by atoms with van der Waals surface area (Å²) < 4.78 is 5.40. The zero-order valence-corrected chi connectivity index (χ0v) is 8.67. The van der Waals surface area contributed by atoms with Crippen LogP contribution in [0.15, 0.2) is 0 Å². The first-order valence-corrected chi connectivity index (χ1v) is 4.81. The van der Waals surface area contributed by atoms with Gasteiger partial charge in [0, 0.05) is 19.6 Å². The van der Waals surface area contributed by atoms with Crippen molar-refractivity contribution in [3.63, 3.8) is 0 Å². The second kappa shape index (κ2) is 4.72. The Labute approximate surface area is 83.8 Å². The van der Waals surface area contributed by atoms with E-state index in [0.717, 1.165) is 13.1 Å². The minimum absolute atomic E-state index is 0.0604. The molecule has 1 fully saturated rings. The van der Waals surface area contributed by atoms with Gasteiger partial charge >= 0.3 is 0 Å². The number of carbonyl (C=O) groups is 1. The minimum Gasteiger partial charge on any atom is -0.392 e. The number of ether oxygens (including phenoxy) is 1. The normalized spacial score (nSPS) is 21.1. The van der Waals surface area contributed by atoms with Crippen molar-refractivity contribution in [3.8, 4) is 0 Å². The first-order chi connectivity index (χ1) is 6.52. The van der Waals surface area contributed by atoms with Gasteiger partial charge in [-0.2, -0.15) is 0 Å². The molecule has 5 nitrogen and oxygen atoms in total. The largest absolute Gasteiger partial charge is 0.392 e. The molecule has 1 aliphatic heterocycles. The van der Waals surface area contributed by atoms with E-state index in [2.05, 4.69) is 10.6 Å². The first-order valence-electron chi connectivity index (χ1n) is 4.81. The molecule has 1 atom stereocenters. The van der Waals surface area contributed by atoms with E-state index in [1.807, 2.05) is 6.92 Å². The van der Waals surface area contributed by atoms with Crippen molar-refractivity contribution in [1.29, 1.82) is 0 Å². The summed E-state index contributed by atoms with van der Waals surface area (Å²) in [4.78, 5) is 11.2. The van der Waals surface area contributed by atoms with Crippen LogP contribution in [0.2, 0.25) is 0 Å². The molecule has 0 saturated carbocycles. The van der Waals surface area contributed by atoms with Gasteiger partial charge in [-0.1, -0.05) is 0 Å². The molecule has 0 aromatic heterocycles. The highest BCUT2D eigenvalue weighted by molar-refractivity contribution is 5.77. The van der Waals surface area contributed by atoms with Crippen molar-refractivity contribution in [2.24, 2.45) is 0 Å². The lowest BCUT2D eigenvalue weighted by Gasteiger charge is -2.38. The molecule has 3 N–H and O–H groups in total. The third-order valence-corrected chi connectivity index (χ3v) is 2.14. The van der Waals surface area contributed by atoms with Gasteiger partial charge in [0.2, 0.25) is 5.91 Å². The van der Waals surface area contributed by atoms with Crippen LogP contribution in [-0.2, 0) is 9.53 Å². The van der Waals surface area contributed by atoms with E-state index in [9.17, 15) is 4.79 Å². The second-order valence-electron chi connectivity index (χ2n) is 4.00. The van der Waals surface area contributed by atoms with Gasteiger partial charge in [0.15, 0.2) is 0 Å². The van der Waals surface area contributed by atoms with Crippen molar-refractivity contribution in [3.05, 3.63) is 0 Å². The molecule has 0 radical (unpaired) electrons. The average molecular weight is 202 g/mol. The quantitative estimate of drug-likeness (QED) is 0.527. The van der Waals surface area contributed by atoms with Gasteiger partial charge in [-0.3, -0.25) is 4.79 Å². The highest BCUT2D eigenvalue weighted by atomic mass is 16.5. The van der Waals surface area contributed by atoms with Crippen LogP contribution < -0.4 is 10.6 Å². The Morgan fingerprint density at radius 1 is 1.71 bits per heavy atom. The topological polar surface area (TPSA) is 70.6 Å². The van der Waals surface area contributed by atoms with E-state index in [1.165, 1.54) is 0 Å². The van der Waals surface area contributed by atoms with Gasteiger partial charge in [0.1, 0.15) is 6.61 Å². The van der Waals surface area contributed by atoms with Crippen LogP contribution in [0.1, 0.15) is 13.8 Å². The smallest absolute Gasteiger partial charge is 0.246 e. The third kappa shape index (κ3) is 3.61. The van der Waals surface area contributed by atoms with Crippen LogP contribution in [0.4, 0.5) is 0 Å². The van der Waals surface area contributed by atoms with E-state index >= 15 is 0 Å². The predicted octanol–water partition coefficient (Wildman–Crippen LogP) is -1.14. The molecule has 0 aromatic carbocycles. The fourth-order valence-electron chi connectivity index (χ4n) is 1.13. The number of hydrogen-bond acceptors (Lipinski definition) is 4. The van der Waals surface area contributed by atoms with Crippen molar-refractivity contribution < 1.29 is 14.6 Å². The van der Waals surface area contributed by atoms with E-state index in [1.54, 1.807) is 6.92 Å². The lowest BCUT2D eigenvalue weighted by atomic mass is 10.0. The molecular weight excluding hydrogens is 184 g/mol. The van der Waals surface area contributed by atoms with Crippen LogP contribution in [0.25, 0.3) is 0 Å². The number of hydrogen-bond donors (Lipinski definition) is 3. The summed E-state index contributed by atoms with van der Waals surface area (Å²) in [5.41, 5.74) is -0.192. The predicted molar refractivity (Wildman–Crippen MR) is 51.9 cm³/mol.